The van der Waals surface area contributed by atoms with Crippen molar-refractivity contribution in [3.8, 4) is 35.2 Å². The van der Waals surface area contributed by atoms with Crippen molar-refractivity contribution in [2.24, 2.45) is 0 Å². The predicted octanol–water partition coefficient (Wildman–Crippen LogP) is 4.57. The molecular weight excluding hydrogens is 857 g/mol. The van der Waals surface area contributed by atoms with E-state index in [4.69, 9.17) is 29.4 Å². The van der Waals surface area contributed by atoms with Crippen LogP contribution in [0.3, 0.4) is 0 Å². The Balaban J connectivity index is 0.854. The number of nitrogens with zero attached hydrogens (tertiary/aromatic N) is 10. The van der Waals surface area contributed by atoms with Crippen LogP contribution in [0, 0.1) is 23.7 Å². The Bertz CT molecular complexity index is 2440. The quantitative estimate of drug-likeness (QED) is 0.109. The van der Waals surface area contributed by atoms with Crippen LogP contribution in [0.25, 0.3) is 21.8 Å². The van der Waals surface area contributed by atoms with Crippen molar-refractivity contribution in [3.05, 3.63) is 35.4 Å². The summed E-state index contributed by atoms with van der Waals surface area (Å²) < 4.78 is 11.7. The second kappa shape index (κ2) is 23.4. The number of aliphatic hydroxyl groups excluding tert-OH is 2. The van der Waals surface area contributed by atoms with E-state index < -0.39 is 6.10 Å². The number of likely N-dealkylation sites (tertiary alicyclic amines) is 4. The fourth-order valence-electron chi connectivity index (χ4n) is 10.1. The zero-order valence-corrected chi connectivity index (χ0v) is 41.4. The number of anilines is 4. The summed E-state index contributed by atoms with van der Waals surface area (Å²) in [6.07, 6.45) is 9.53. The summed E-state index contributed by atoms with van der Waals surface area (Å²) in [6.45, 7) is 10.2. The molecule has 4 saturated heterocycles. The van der Waals surface area contributed by atoms with E-state index in [0.717, 1.165) is 128 Å². The molecule has 4 N–H and O–H groups in total. The van der Waals surface area contributed by atoms with E-state index >= 15 is 0 Å². The molecule has 0 bridgehead atoms. The normalized spacial score (nSPS) is 18.8. The van der Waals surface area contributed by atoms with Gasteiger partial charge in [-0.25, -0.2) is 9.97 Å². The lowest BCUT2D eigenvalue weighted by Crippen LogP contribution is -2.54. The standard InChI is InChI=1S/C52H74N12O4/c1-59(2)51-55-43-31-37(15-7-9-21-61-23-11-12-24-61)47(67-5)33-41(43)49(57-51)53-39-17-27-63(28-18-39)35-46(66)45(36-65)64-29-19-40(20-30-64)54-50-42-34-48(68-6)38(16-8-10-22-62-25-13-14-26-62)32-44(42)56-52(58-50)60(3)4/h31-34,39-40,45-46,65-66H,9-14,17-30,35-36H2,1-6H3,(H,53,55,57)(H,54,56,58). The van der Waals surface area contributed by atoms with Crippen molar-refractivity contribution in [2.75, 3.05) is 141 Å². The Labute approximate surface area is 403 Å². The Morgan fingerprint density at radius 1 is 0.632 bits per heavy atom. The molecule has 6 heterocycles. The molecule has 4 aromatic rings. The maximum absolute atomic E-state index is 11.6. The number of benzene rings is 2. The second-order valence-corrected chi connectivity index (χ2v) is 19.4. The fraction of sp³-hybridized carbons (Fsp3) is 0.615. The molecule has 0 aliphatic carbocycles. The summed E-state index contributed by atoms with van der Waals surface area (Å²) in [7, 11) is 11.2. The Morgan fingerprint density at radius 3 is 1.49 bits per heavy atom. The van der Waals surface area contributed by atoms with Crippen LogP contribution >= 0.6 is 0 Å². The highest BCUT2D eigenvalue weighted by molar-refractivity contribution is 5.94. The third-order valence-electron chi connectivity index (χ3n) is 14.1. The van der Waals surface area contributed by atoms with E-state index in [1.165, 1.54) is 51.9 Å². The first-order valence-corrected chi connectivity index (χ1v) is 24.9. The number of fused-ring (bicyclic) bond motifs is 2. The zero-order chi connectivity index (χ0) is 47.6. The van der Waals surface area contributed by atoms with Gasteiger partial charge in [0.05, 0.1) is 55.1 Å². The van der Waals surface area contributed by atoms with E-state index in [1.807, 2.05) is 62.3 Å². The highest BCUT2D eigenvalue weighted by atomic mass is 16.5. The first-order valence-electron chi connectivity index (χ1n) is 24.9. The van der Waals surface area contributed by atoms with Gasteiger partial charge in [-0.1, -0.05) is 23.7 Å². The summed E-state index contributed by atoms with van der Waals surface area (Å²) in [5.74, 6) is 17.7. The van der Waals surface area contributed by atoms with Crippen LogP contribution in [0.4, 0.5) is 23.5 Å². The Hall–Kier alpha value is -5.20. The van der Waals surface area contributed by atoms with E-state index in [9.17, 15) is 10.2 Å². The molecule has 2 atom stereocenters. The lowest BCUT2D eigenvalue weighted by Gasteiger charge is -2.41. The lowest BCUT2D eigenvalue weighted by molar-refractivity contribution is -0.0134. The molecule has 0 radical (unpaired) electrons. The Morgan fingerprint density at radius 2 is 1.07 bits per heavy atom. The number of aromatic nitrogens is 4. The summed E-state index contributed by atoms with van der Waals surface area (Å²) >= 11 is 0. The van der Waals surface area contributed by atoms with Crippen LogP contribution in [-0.4, -0.2) is 195 Å². The number of rotatable bonds is 17. The molecule has 2 unspecified atom stereocenters. The van der Waals surface area contributed by atoms with Gasteiger partial charge in [-0.05, 0) is 102 Å². The van der Waals surface area contributed by atoms with Crippen LogP contribution in [0.1, 0.15) is 75.3 Å². The highest BCUT2D eigenvalue weighted by Crippen LogP contribution is 2.33. The van der Waals surface area contributed by atoms with E-state index in [-0.39, 0.29) is 24.7 Å². The monoisotopic (exact) mass is 931 g/mol. The fourth-order valence-corrected chi connectivity index (χ4v) is 10.1. The van der Waals surface area contributed by atoms with Crippen molar-refractivity contribution in [2.45, 2.75) is 88.4 Å². The van der Waals surface area contributed by atoms with Gasteiger partial charge < -0.3 is 54.8 Å². The van der Waals surface area contributed by atoms with Crippen molar-refractivity contribution >= 4 is 45.3 Å². The molecule has 68 heavy (non-hydrogen) atoms. The predicted molar refractivity (Wildman–Crippen MR) is 273 cm³/mol. The maximum atomic E-state index is 11.6. The Kier molecular flexibility index (Phi) is 16.9. The average molecular weight is 931 g/mol. The first kappa shape index (κ1) is 49.2. The van der Waals surface area contributed by atoms with Gasteiger partial charge in [0, 0.05) is 110 Å². The molecule has 4 aliphatic heterocycles. The average Bonchev–Trinajstić information content (AvgIpc) is 4.08. The minimum atomic E-state index is -0.689. The summed E-state index contributed by atoms with van der Waals surface area (Å²) in [4.78, 5) is 33.1. The number of methoxy groups -OCH3 is 2. The van der Waals surface area contributed by atoms with Crippen molar-refractivity contribution in [1.29, 1.82) is 0 Å². The SMILES string of the molecule is COc1cc2c(NC3CCN(CC(O)C(CO)N4CCC(Nc5nc(N(C)C)nc6cc(C#CCCN7CCCC7)c(OC)cc56)CC4)CC3)nc(N(C)C)nc2cc1C#CCCN1CCCC1. The minimum absolute atomic E-state index is 0.104. The largest absolute Gasteiger partial charge is 0.495 e. The molecule has 2 aromatic heterocycles. The van der Waals surface area contributed by atoms with Gasteiger partial charge >= 0.3 is 0 Å². The number of ether oxygens (including phenoxy) is 2. The van der Waals surface area contributed by atoms with Crippen molar-refractivity contribution < 1.29 is 19.7 Å². The van der Waals surface area contributed by atoms with Gasteiger partial charge in [0.25, 0.3) is 0 Å². The third-order valence-corrected chi connectivity index (χ3v) is 14.1. The second-order valence-electron chi connectivity index (χ2n) is 19.4. The lowest BCUT2D eigenvalue weighted by atomic mass is 9.99. The third kappa shape index (κ3) is 12.3. The number of β-amino-alcohol motifs (C(OH)–C–C–N with tert-alkyl or cyclic N) is 1. The van der Waals surface area contributed by atoms with Crippen LogP contribution in [0.5, 0.6) is 11.5 Å². The number of hydrogen-bond donors (Lipinski definition) is 4. The van der Waals surface area contributed by atoms with Gasteiger partial charge in [0.1, 0.15) is 23.1 Å². The molecule has 0 spiro atoms. The van der Waals surface area contributed by atoms with Crippen molar-refractivity contribution in [1.82, 2.24) is 39.5 Å². The topological polar surface area (TPSA) is 154 Å². The van der Waals surface area contributed by atoms with E-state index in [0.29, 0.717) is 24.2 Å². The molecule has 8 rings (SSSR count). The maximum Gasteiger partial charge on any atom is 0.227 e. The highest BCUT2D eigenvalue weighted by Gasteiger charge is 2.32. The van der Waals surface area contributed by atoms with Gasteiger partial charge in [0.15, 0.2) is 0 Å². The molecule has 4 fully saturated rings. The summed E-state index contributed by atoms with van der Waals surface area (Å²) in [5.41, 5.74) is 3.30. The number of piperidine rings is 2. The van der Waals surface area contributed by atoms with Gasteiger partial charge in [-0.15, -0.1) is 0 Å². The molecule has 0 saturated carbocycles. The summed E-state index contributed by atoms with van der Waals surface area (Å²) in [6, 6.07) is 8.07. The molecule has 2 aromatic carbocycles. The van der Waals surface area contributed by atoms with Gasteiger partial charge in [-0.3, -0.25) is 4.90 Å². The van der Waals surface area contributed by atoms with Crippen LogP contribution in [0.2, 0.25) is 0 Å². The smallest absolute Gasteiger partial charge is 0.227 e. The number of nitrogens with one attached hydrogen (secondary N) is 2. The first-order chi connectivity index (χ1) is 33.1. The zero-order valence-electron chi connectivity index (χ0n) is 41.4. The molecule has 4 aliphatic rings. The molecule has 366 valence electrons. The molecule has 16 nitrogen and oxygen atoms in total. The molecular formula is C52H74N12O4. The van der Waals surface area contributed by atoms with Crippen LogP contribution in [0.15, 0.2) is 24.3 Å². The van der Waals surface area contributed by atoms with Crippen LogP contribution in [-0.2, 0) is 0 Å². The minimum Gasteiger partial charge on any atom is -0.495 e. The summed E-state index contributed by atoms with van der Waals surface area (Å²) in [5, 5.41) is 31.6. The van der Waals surface area contributed by atoms with Crippen LogP contribution < -0.4 is 29.9 Å². The van der Waals surface area contributed by atoms with Crippen molar-refractivity contribution in [3.63, 3.8) is 0 Å². The molecule has 16 heteroatoms. The van der Waals surface area contributed by atoms with E-state index in [2.05, 4.69) is 53.9 Å². The number of hydrogen-bond acceptors (Lipinski definition) is 16. The van der Waals surface area contributed by atoms with Gasteiger partial charge in [0.2, 0.25) is 11.9 Å². The number of aliphatic hydroxyl groups is 2. The van der Waals surface area contributed by atoms with Gasteiger partial charge in [-0.2, -0.15) is 9.97 Å². The van der Waals surface area contributed by atoms with E-state index in [1.54, 1.807) is 14.2 Å². The molecule has 0 amide bonds.